The van der Waals surface area contributed by atoms with Crippen LogP contribution < -0.4 is 48.5 Å². The fourth-order valence-electron chi connectivity index (χ4n) is 7.44. The maximum atomic E-state index is 14.4. The van der Waals surface area contributed by atoms with Crippen LogP contribution in [0.1, 0.15) is 45.6 Å². The van der Waals surface area contributed by atoms with Gasteiger partial charge in [-0.05, 0) is 17.5 Å². The molecule has 0 radical (unpaired) electrons. The number of carbonyl (C=O) groups is 8. The highest BCUT2D eigenvalue weighted by Crippen LogP contribution is 2.32. The molecule has 0 unspecified atom stereocenters. The quantitative estimate of drug-likeness (QED) is 0.126. The molecular formula is C38H55N11O11S. The van der Waals surface area contributed by atoms with Crippen LogP contribution in [0.15, 0.2) is 29.3 Å². The zero-order valence-electron chi connectivity index (χ0n) is 34.0. The summed E-state index contributed by atoms with van der Waals surface area (Å²) in [7, 11) is 0. The van der Waals surface area contributed by atoms with Crippen LogP contribution in [0.25, 0.3) is 10.9 Å². The fraction of sp³-hybridized carbons (Fsp3) is 0.579. The van der Waals surface area contributed by atoms with Crippen LogP contribution in [0, 0.1) is 11.8 Å². The molecular weight excluding hydrogens is 819 g/mol. The number of benzene rings is 1. The molecule has 2 bridgehead atoms. The minimum atomic E-state index is -1.68. The molecule has 4 heterocycles. The molecule has 10 atom stereocenters. The van der Waals surface area contributed by atoms with Gasteiger partial charge in [0.1, 0.15) is 30.2 Å². The summed E-state index contributed by atoms with van der Waals surface area (Å²) in [4.78, 5) is 114. The summed E-state index contributed by atoms with van der Waals surface area (Å²) in [6.07, 6.45) is -3.48. The first-order chi connectivity index (χ1) is 29.0. The third-order valence-corrected chi connectivity index (χ3v) is 12.4. The largest absolute Gasteiger partial charge is 0.394 e. The molecule has 0 saturated carbocycles. The van der Waals surface area contributed by atoms with Crippen LogP contribution in [0.3, 0.4) is 0 Å². The highest BCUT2D eigenvalue weighted by molar-refractivity contribution is 7.99. The van der Waals surface area contributed by atoms with Crippen molar-refractivity contribution in [3.8, 4) is 0 Å². The molecule has 3 aliphatic rings. The Balaban J connectivity index is 1.67. The van der Waals surface area contributed by atoms with E-state index in [2.05, 4.69) is 47.7 Å². The molecule has 1 fully saturated rings. The van der Waals surface area contributed by atoms with Crippen LogP contribution in [0.5, 0.6) is 0 Å². The van der Waals surface area contributed by atoms with Gasteiger partial charge in [-0.25, -0.2) is 10.2 Å². The Morgan fingerprint density at radius 3 is 2.39 bits per heavy atom. The number of amides is 9. The number of nitrogens with two attached hydrogens (primary N) is 1. The molecule has 61 heavy (non-hydrogen) atoms. The molecule has 2 aromatic rings. The molecule has 0 aliphatic carbocycles. The number of hydrogen-bond donors (Lipinski definition) is 13. The Kier molecular flexibility index (Phi) is 15.9. The number of nitrogens with zero attached hydrogens (tertiary/aromatic N) is 1. The van der Waals surface area contributed by atoms with Gasteiger partial charge < -0.3 is 62.8 Å². The van der Waals surface area contributed by atoms with E-state index in [1.807, 2.05) is 13.8 Å². The predicted molar refractivity (Wildman–Crippen MR) is 219 cm³/mol. The van der Waals surface area contributed by atoms with Crippen molar-refractivity contribution in [3.05, 3.63) is 29.8 Å². The van der Waals surface area contributed by atoms with Crippen molar-refractivity contribution in [2.75, 3.05) is 32.0 Å². The predicted octanol–water partition coefficient (Wildman–Crippen LogP) is -4.07. The zero-order chi connectivity index (χ0) is 44.5. The Hall–Kier alpha value is -5.49. The van der Waals surface area contributed by atoms with E-state index in [1.165, 1.54) is 6.92 Å². The lowest BCUT2D eigenvalue weighted by Crippen LogP contribution is -2.62. The second kappa shape index (κ2) is 20.9. The van der Waals surface area contributed by atoms with E-state index in [0.29, 0.717) is 27.9 Å². The van der Waals surface area contributed by atoms with Crippen molar-refractivity contribution in [1.82, 2.24) is 52.6 Å². The molecule has 5 rings (SSSR count). The lowest BCUT2D eigenvalue weighted by molar-refractivity contribution is -0.143. The smallest absolute Gasteiger partial charge is 0.329 e. The first-order valence-electron chi connectivity index (χ1n) is 20.1. The molecule has 9 amide bonds. The minimum Gasteiger partial charge on any atom is -0.394 e. The number of hydrogen-bond acceptors (Lipinski definition) is 13. The highest BCUT2D eigenvalue weighted by atomic mass is 32.2. The van der Waals surface area contributed by atoms with Gasteiger partial charge in [-0.15, -0.1) is 11.8 Å². The number of fused-ring (bicyclic) bond motifs is 5. The number of nitrogens with one attached hydrogen (secondary N) is 9. The summed E-state index contributed by atoms with van der Waals surface area (Å²) in [6.45, 7) is 3.41. The standard InChI is InChI=1S/C38H55N11O11S/c1-4-17(2)25-12-41-48-38(60)46-26-16-61-36-21(20-7-5-6-8-22(20)45-36)10-23(32(55)40-13-30(54)42-25)43-35(58)31(18(3)28(52)15-50)47-34(57)27-9-19(51)14-49(27)37(59)24(11-29(39)53)44-33(26)56/h5-8,17-19,23-28,31,41,45,50-52H,4,9-16H2,1-3H3,(H2,39,53)(H,40,55)(H,42,54)(H,43,58)(H,44,56)(H,47,57)(H2,46,48,60)/t17-,18-,19+,23-,24-,25+,26-,27-,28-,31-/m0/s1. The molecule has 14 N–H and O–H groups in total. The van der Waals surface area contributed by atoms with Gasteiger partial charge in [0, 0.05) is 54.5 Å². The highest BCUT2D eigenvalue weighted by Gasteiger charge is 2.44. The summed E-state index contributed by atoms with van der Waals surface area (Å²) in [5.74, 6) is -7.73. The van der Waals surface area contributed by atoms with Crippen molar-refractivity contribution in [2.45, 2.75) is 99.9 Å². The average Bonchev–Trinajstić information content (AvgIpc) is 3.79. The van der Waals surface area contributed by atoms with Gasteiger partial charge in [-0.2, -0.15) is 0 Å². The van der Waals surface area contributed by atoms with E-state index >= 15 is 0 Å². The molecule has 22 nitrogen and oxygen atoms in total. The number of aromatic nitrogens is 1. The number of carbonyl (C=O) groups excluding carboxylic acids is 8. The Morgan fingerprint density at radius 2 is 1.69 bits per heavy atom. The molecule has 1 aromatic heterocycles. The summed E-state index contributed by atoms with van der Waals surface area (Å²) < 4.78 is 0. The molecule has 0 spiro atoms. The van der Waals surface area contributed by atoms with Crippen molar-refractivity contribution in [2.24, 2.45) is 17.6 Å². The number of thioether (sulfide) groups is 1. The second-order valence-electron chi connectivity index (χ2n) is 15.6. The van der Waals surface area contributed by atoms with E-state index in [-0.39, 0.29) is 31.1 Å². The maximum Gasteiger partial charge on any atom is 0.329 e. The minimum absolute atomic E-state index is 0.0217. The van der Waals surface area contributed by atoms with Crippen molar-refractivity contribution < 1.29 is 53.7 Å². The molecule has 23 heteroatoms. The Morgan fingerprint density at radius 1 is 0.951 bits per heavy atom. The number of aromatic amines is 1. The number of H-pyrrole nitrogens is 1. The third-order valence-electron chi connectivity index (χ3n) is 11.2. The van der Waals surface area contributed by atoms with Crippen LogP contribution >= 0.6 is 11.8 Å². The van der Waals surface area contributed by atoms with Crippen LogP contribution in [0.4, 0.5) is 4.79 Å². The van der Waals surface area contributed by atoms with E-state index < -0.39 is 128 Å². The monoisotopic (exact) mass is 873 g/mol. The fourth-order valence-corrected chi connectivity index (χ4v) is 8.56. The second-order valence-corrected chi connectivity index (χ2v) is 16.6. The van der Waals surface area contributed by atoms with Crippen molar-refractivity contribution >= 4 is 70.0 Å². The van der Waals surface area contributed by atoms with E-state index in [9.17, 15) is 53.7 Å². The topological polar surface area (TPSA) is 339 Å². The zero-order valence-corrected chi connectivity index (χ0v) is 34.8. The van der Waals surface area contributed by atoms with Gasteiger partial charge in [0.15, 0.2) is 0 Å². The van der Waals surface area contributed by atoms with E-state index in [1.54, 1.807) is 24.3 Å². The molecule has 1 aromatic carbocycles. The van der Waals surface area contributed by atoms with Gasteiger partial charge in [0.2, 0.25) is 41.4 Å². The molecule has 334 valence electrons. The van der Waals surface area contributed by atoms with Gasteiger partial charge in [0.25, 0.3) is 0 Å². The van der Waals surface area contributed by atoms with Crippen molar-refractivity contribution in [3.63, 3.8) is 0 Å². The van der Waals surface area contributed by atoms with Gasteiger partial charge >= 0.3 is 6.03 Å². The SMILES string of the molecule is CC[C@H](C)[C@H]1CNNC(=O)N[C@H]2CSc3[nH]c4ccccc4c3C[C@H](NC(=O)[C@H]([C@@H](C)[C@@H](O)CO)NC(=O)[C@@H]3C[C@@H](O)CN3C(=O)[C@H](CC(N)=O)NC2=O)C(=O)NCC(=O)N1. The van der Waals surface area contributed by atoms with Crippen LogP contribution in [-0.4, -0.2) is 153 Å². The first kappa shape index (κ1) is 46.6. The third kappa shape index (κ3) is 11.7. The Bertz CT molecular complexity index is 1980. The number of para-hydroxylation sites is 1. The number of hydrazine groups is 1. The summed E-state index contributed by atoms with van der Waals surface area (Å²) in [5, 5.41) is 48.0. The Labute approximate surface area is 355 Å². The van der Waals surface area contributed by atoms with Crippen molar-refractivity contribution in [1.29, 1.82) is 0 Å². The van der Waals surface area contributed by atoms with Crippen LogP contribution in [0.2, 0.25) is 0 Å². The normalized spacial score (nSPS) is 28.1. The lowest BCUT2D eigenvalue weighted by Gasteiger charge is -2.32. The molecule has 3 aliphatic heterocycles. The number of aliphatic hydroxyl groups excluding tert-OH is 3. The number of aliphatic hydroxyl groups is 3. The van der Waals surface area contributed by atoms with E-state index in [4.69, 9.17) is 5.73 Å². The van der Waals surface area contributed by atoms with Gasteiger partial charge in [-0.3, -0.25) is 39.0 Å². The summed E-state index contributed by atoms with van der Waals surface area (Å²) in [6, 6.07) is -2.06. The van der Waals surface area contributed by atoms with E-state index in [0.717, 1.165) is 16.7 Å². The van der Waals surface area contributed by atoms with Gasteiger partial charge in [0.05, 0.1) is 36.8 Å². The van der Waals surface area contributed by atoms with Crippen LogP contribution in [-0.2, 0) is 40.0 Å². The van der Waals surface area contributed by atoms with Gasteiger partial charge in [-0.1, -0.05) is 45.4 Å². The average molecular weight is 874 g/mol. The summed E-state index contributed by atoms with van der Waals surface area (Å²) in [5.41, 5.74) is 11.8. The molecule has 1 saturated heterocycles. The number of urea groups is 1. The number of primary amides is 1. The summed E-state index contributed by atoms with van der Waals surface area (Å²) >= 11 is 1.06. The lowest BCUT2D eigenvalue weighted by atomic mass is 9.93. The first-order valence-corrected chi connectivity index (χ1v) is 21.0. The number of rotatable bonds is 7. The maximum absolute atomic E-state index is 14.4.